The largest absolute Gasteiger partial charge is 1.00 e. The Hall–Kier alpha value is -9.41. The fourth-order valence-corrected chi connectivity index (χ4v) is 9.46. The number of ether oxygens (including phenoxy) is 5. The van der Waals surface area contributed by atoms with E-state index in [1.807, 2.05) is 143 Å². The molecule has 20 nitrogen and oxygen atoms in total. The van der Waals surface area contributed by atoms with Gasteiger partial charge in [-0.25, -0.2) is 34.9 Å². The molecule has 8 aromatic heterocycles. The third-order valence-corrected chi connectivity index (χ3v) is 13.5. The number of benzene rings is 4. The van der Waals surface area contributed by atoms with Crippen LogP contribution < -0.4 is 79.9 Å². The van der Waals surface area contributed by atoms with Crippen LogP contribution in [0.5, 0.6) is 28.7 Å². The molecule has 0 amide bonds. The zero-order valence-electron chi connectivity index (χ0n) is 48.1. The first kappa shape index (κ1) is 60.2. The van der Waals surface area contributed by atoms with Crippen LogP contribution in [-0.4, -0.2) is 90.0 Å². The van der Waals surface area contributed by atoms with Gasteiger partial charge in [-0.2, -0.15) is 5.75 Å². The SMILES string of the molecule is CC[S-].COc1ccc(CNc2nccc(-c3c4c(=O)cc[nH]c4n4c(NCc5ccc(OC)cc5)nccc34)n2)cc1.COc1ccc(CNc2nccc(-c3c4c(OC)ccnc4n4c(NCc5ccc(OC)cc5)nccc34)n2)cc1.[Na+]. The topological polar surface area (TPSA) is 226 Å². The molecule has 8 heterocycles. The van der Waals surface area contributed by atoms with E-state index >= 15 is 0 Å². The molecule has 0 bridgehead atoms. The predicted octanol–water partition coefficient (Wildman–Crippen LogP) is 8.02. The van der Waals surface area contributed by atoms with Gasteiger partial charge in [-0.1, -0.05) is 55.5 Å². The molecule has 0 atom stereocenters. The van der Waals surface area contributed by atoms with Crippen molar-refractivity contribution < 1.29 is 53.2 Å². The van der Waals surface area contributed by atoms with Crippen molar-refractivity contribution in [3.63, 3.8) is 0 Å². The summed E-state index contributed by atoms with van der Waals surface area (Å²) in [5.41, 5.74) is 10.2. The van der Waals surface area contributed by atoms with E-state index in [0.29, 0.717) is 83.7 Å². The van der Waals surface area contributed by atoms with Gasteiger partial charge >= 0.3 is 29.6 Å². The minimum atomic E-state index is -0.111. The maximum atomic E-state index is 13.2. The Balaban J connectivity index is 0.000000192. The van der Waals surface area contributed by atoms with Crippen LogP contribution in [0.1, 0.15) is 29.2 Å². The predicted molar refractivity (Wildman–Crippen MR) is 332 cm³/mol. The van der Waals surface area contributed by atoms with Crippen LogP contribution in [0.4, 0.5) is 23.8 Å². The molecule has 0 unspecified atom stereocenters. The number of H-pyrrole nitrogens is 1. The van der Waals surface area contributed by atoms with Crippen LogP contribution in [-0.2, 0) is 38.8 Å². The number of nitrogens with one attached hydrogen (secondary N) is 5. The number of rotatable bonds is 19. The van der Waals surface area contributed by atoms with Crippen LogP contribution >= 0.6 is 0 Å². The van der Waals surface area contributed by atoms with E-state index in [1.165, 1.54) is 6.07 Å². The van der Waals surface area contributed by atoms with Gasteiger partial charge in [0.05, 0.1) is 68.7 Å². The van der Waals surface area contributed by atoms with Crippen molar-refractivity contribution in [1.82, 2.24) is 48.7 Å². The van der Waals surface area contributed by atoms with Gasteiger partial charge in [0.1, 0.15) is 34.4 Å². The number of pyridine rings is 2. The van der Waals surface area contributed by atoms with Gasteiger partial charge in [-0.3, -0.25) is 13.6 Å². The summed E-state index contributed by atoms with van der Waals surface area (Å²) in [6, 6.07) is 42.3. The molecule has 0 aliphatic carbocycles. The number of aromatic nitrogens is 10. The van der Waals surface area contributed by atoms with Gasteiger partial charge in [-0.15, -0.1) is 0 Å². The number of hydrogen-bond acceptors (Lipinski definition) is 18. The first-order valence-corrected chi connectivity index (χ1v) is 27.4. The molecule has 0 saturated carbocycles. The average molecular weight is 1170 g/mol. The molecule has 4 aromatic carbocycles. The molecule has 426 valence electrons. The molecule has 85 heavy (non-hydrogen) atoms. The quantitative estimate of drug-likeness (QED) is 0.0382. The summed E-state index contributed by atoms with van der Waals surface area (Å²) in [7, 11) is 8.26. The maximum absolute atomic E-state index is 13.2. The van der Waals surface area contributed by atoms with Gasteiger partial charge in [-0.05, 0) is 101 Å². The third kappa shape index (κ3) is 13.8. The van der Waals surface area contributed by atoms with E-state index in [-0.39, 0.29) is 35.0 Å². The normalized spacial score (nSPS) is 10.7. The number of nitrogens with zero attached hydrogens (tertiary/aromatic N) is 9. The molecule has 0 aliphatic heterocycles. The van der Waals surface area contributed by atoms with Crippen molar-refractivity contribution in [2.75, 3.05) is 62.6 Å². The zero-order valence-corrected chi connectivity index (χ0v) is 50.9. The van der Waals surface area contributed by atoms with E-state index in [1.54, 1.807) is 72.7 Å². The third-order valence-electron chi connectivity index (χ3n) is 13.5. The molecule has 5 N–H and O–H groups in total. The van der Waals surface area contributed by atoms with Crippen molar-refractivity contribution in [2.45, 2.75) is 33.1 Å². The van der Waals surface area contributed by atoms with Crippen molar-refractivity contribution >= 4 is 69.5 Å². The van der Waals surface area contributed by atoms with Crippen LogP contribution in [0.3, 0.4) is 0 Å². The van der Waals surface area contributed by atoms with Crippen molar-refractivity contribution in [2.24, 2.45) is 0 Å². The summed E-state index contributed by atoms with van der Waals surface area (Å²) in [4.78, 5) is 48.9. The average Bonchev–Trinajstić information content (AvgIpc) is 1.71. The van der Waals surface area contributed by atoms with Crippen LogP contribution in [0.2, 0.25) is 0 Å². The van der Waals surface area contributed by atoms with E-state index in [0.717, 1.165) is 78.7 Å². The number of methoxy groups -OCH3 is 5. The second-order valence-corrected chi connectivity index (χ2v) is 19.2. The molecule has 0 saturated heterocycles. The van der Waals surface area contributed by atoms with E-state index in [4.69, 9.17) is 38.6 Å². The second-order valence-electron chi connectivity index (χ2n) is 18.6. The van der Waals surface area contributed by atoms with Crippen molar-refractivity contribution in [3.8, 4) is 51.3 Å². The van der Waals surface area contributed by atoms with Crippen molar-refractivity contribution in [1.29, 1.82) is 0 Å². The molecule has 0 spiro atoms. The van der Waals surface area contributed by atoms with Crippen LogP contribution in [0, 0.1) is 0 Å². The Kier molecular flexibility index (Phi) is 20.3. The molecule has 12 rings (SSSR count). The fourth-order valence-electron chi connectivity index (χ4n) is 9.46. The minimum Gasteiger partial charge on any atom is -0.793 e. The molecule has 0 radical (unpaired) electrons. The van der Waals surface area contributed by atoms with Gasteiger partial charge in [0.2, 0.25) is 23.8 Å². The van der Waals surface area contributed by atoms with E-state index < -0.39 is 0 Å². The van der Waals surface area contributed by atoms with Gasteiger partial charge < -0.3 is 62.6 Å². The Morgan fingerprint density at radius 1 is 0.459 bits per heavy atom. The summed E-state index contributed by atoms with van der Waals surface area (Å²) in [5.74, 6) is 6.98. The summed E-state index contributed by atoms with van der Waals surface area (Å²) in [5, 5.41) is 14.9. The summed E-state index contributed by atoms with van der Waals surface area (Å²) in [6.07, 6.45) is 10.3. The Bertz CT molecular complexity index is 4230. The van der Waals surface area contributed by atoms with Gasteiger partial charge in [0.25, 0.3) is 0 Å². The molecule has 12 aromatic rings. The summed E-state index contributed by atoms with van der Waals surface area (Å²) >= 11 is 4.39. The molecular weight excluding hydrogens is 1100 g/mol. The van der Waals surface area contributed by atoms with E-state index in [9.17, 15) is 4.79 Å². The Labute approximate surface area is 518 Å². The van der Waals surface area contributed by atoms with Gasteiger partial charge in [0.15, 0.2) is 11.1 Å². The molecule has 22 heteroatoms. The number of hydrogen-bond donors (Lipinski definition) is 5. The van der Waals surface area contributed by atoms with Crippen LogP contribution in [0.25, 0.3) is 55.6 Å². The van der Waals surface area contributed by atoms with Gasteiger partial charge in [0, 0.05) is 80.6 Å². The minimum absolute atomic E-state index is 0. The molecular formula is C63H61N14NaO6S. The number of fused-ring (bicyclic) bond motifs is 6. The monoisotopic (exact) mass is 1160 g/mol. The summed E-state index contributed by atoms with van der Waals surface area (Å²) in [6.45, 7) is 4.15. The smallest absolute Gasteiger partial charge is 0.793 e. The Morgan fingerprint density at radius 3 is 1.28 bits per heavy atom. The summed E-state index contributed by atoms with van der Waals surface area (Å²) < 4.78 is 30.7. The molecule has 0 fully saturated rings. The fraction of sp³-hybridized carbons (Fsp3) is 0.175. The Morgan fingerprint density at radius 2 is 0.847 bits per heavy atom. The number of aromatic amines is 1. The van der Waals surface area contributed by atoms with E-state index in [2.05, 4.69) is 58.8 Å². The first-order chi connectivity index (χ1) is 41.2. The standard InChI is InChI=1S/C31H29N7O3.C30H27N7O3.C2H6S.Na/c1-39-22-8-4-20(5-9-22)18-35-30-33-15-12-24(37-30)27-25-13-16-34-31(36-19-21-6-10-23(40-2)11-7-21)38(25)29-28(27)26(41-3)14-17-32-29;1-39-21-7-3-19(4-8-21)17-34-29-32-14-11-23(36-29)26-24-12-15-33-30(35-18-20-5-9-22(40-2)10-6-20)37(24)28-27(26)25(38)13-16-31-28;1-2-3;/h4-17H,18-19H2,1-3H3,(H,34,36)(H,33,35,37);3-16H,17-18H2,1-2H3,(H,31,38)(H,33,35)(H,32,34,36);3H,2H2,1H3;/q;;;+1/p-1. The maximum Gasteiger partial charge on any atom is 1.00 e. The second kappa shape index (κ2) is 28.7. The molecule has 0 aliphatic rings. The van der Waals surface area contributed by atoms with Crippen LogP contribution in [0.15, 0.2) is 175 Å². The zero-order chi connectivity index (χ0) is 58.4. The number of anilines is 4. The van der Waals surface area contributed by atoms with Crippen molar-refractivity contribution in [3.05, 3.63) is 203 Å². The first-order valence-electron chi connectivity index (χ1n) is 26.8.